The van der Waals surface area contributed by atoms with Crippen LogP contribution in [0.5, 0.6) is 5.75 Å². The fourth-order valence-electron chi connectivity index (χ4n) is 3.30. The molecule has 1 saturated heterocycles. The fourth-order valence-corrected chi connectivity index (χ4v) is 3.95. The van der Waals surface area contributed by atoms with Crippen molar-refractivity contribution in [3.05, 3.63) is 47.4 Å². The molecule has 35 heavy (non-hydrogen) atoms. The Bertz CT molecular complexity index is 1210. The lowest BCUT2D eigenvalue weighted by Gasteiger charge is -2.35. The van der Waals surface area contributed by atoms with Gasteiger partial charge in [0.1, 0.15) is 5.75 Å². The monoisotopic (exact) mass is 529 g/mol. The van der Waals surface area contributed by atoms with Crippen LogP contribution >= 0.6 is 0 Å². The number of anilines is 1. The number of carbonyl (C=O) groups excluding carboxylic acids is 1. The number of carbonyl (C=O) groups is 1. The molecule has 0 unspecified atom stereocenters. The van der Waals surface area contributed by atoms with Gasteiger partial charge in [-0.1, -0.05) is 0 Å². The number of alkyl halides is 6. The first-order valence-electron chi connectivity index (χ1n) is 9.87. The van der Waals surface area contributed by atoms with Crippen molar-refractivity contribution >= 4 is 21.6 Å². The van der Waals surface area contributed by atoms with Gasteiger partial charge in [-0.15, -0.1) is 0 Å². The van der Waals surface area contributed by atoms with E-state index in [1.54, 1.807) is 0 Å². The number of hydrogen-bond acceptors (Lipinski definition) is 6. The molecule has 7 nitrogen and oxygen atoms in total. The molecule has 1 amide bonds. The van der Waals surface area contributed by atoms with Crippen molar-refractivity contribution in [2.45, 2.75) is 17.2 Å². The predicted molar refractivity (Wildman–Crippen MR) is 108 cm³/mol. The maximum Gasteiger partial charge on any atom is 0.422 e. The Balaban J connectivity index is 1.79. The Morgan fingerprint density at radius 1 is 1.06 bits per heavy atom. The van der Waals surface area contributed by atoms with Gasteiger partial charge in [0.15, 0.2) is 28.1 Å². The van der Waals surface area contributed by atoms with Gasteiger partial charge in [-0.2, -0.15) is 26.3 Å². The summed E-state index contributed by atoms with van der Waals surface area (Å²) in [5, 5.41) is 0. The van der Waals surface area contributed by atoms with Crippen molar-refractivity contribution in [2.24, 2.45) is 0 Å². The van der Waals surface area contributed by atoms with E-state index in [0.717, 1.165) is 24.5 Å². The van der Waals surface area contributed by atoms with Gasteiger partial charge in [0, 0.05) is 38.6 Å². The highest BCUT2D eigenvalue weighted by Gasteiger charge is 2.34. The number of nitrogens with zero attached hydrogens (tertiary/aromatic N) is 3. The molecular formula is C20H18F7N3O4S. The van der Waals surface area contributed by atoms with E-state index in [9.17, 15) is 43.9 Å². The summed E-state index contributed by atoms with van der Waals surface area (Å²) in [6, 6.07) is 3.18. The summed E-state index contributed by atoms with van der Waals surface area (Å²) in [6.45, 7) is -2.00. The molecule has 0 spiro atoms. The highest BCUT2D eigenvalue weighted by atomic mass is 32.2. The molecule has 15 heteroatoms. The second-order valence-corrected chi connectivity index (χ2v) is 9.66. The highest BCUT2D eigenvalue weighted by molar-refractivity contribution is 7.90. The van der Waals surface area contributed by atoms with Crippen LogP contribution < -0.4 is 9.64 Å². The molecule has 0 radical (unpaired) electrons. The maximum atomic E-state index is 14.2. The number of halogens is 7. The second kappa shape index (κ2) is 9.51. The zero-order chi connectivity index (χ0) is 26.2. The minimum Gasteiger partial charge on any atom is -0.483 e. The average molecular weight is 529 g/mol. The zero-order valence-electron chi connectivity index (χ0n) is 18.0. The molecule has 1 aliphatic rings. The number of pyridine rings is 1. The van der Waals surface area contributed by atoms with E-state index >= 15 is 0 Å². The van der Waals surface area contributed by atoms with Gasteiger partial charge >= 0.3 is 12.4 Å². The number of piperazine rings is 1. The summed E-state index contributed by atoms with van der Waals surface area (Å²) < 4.78 is 119. The number of ether oxygens (including phenoxy) is 1. The molecule has 1 aromatic carbocycles. The van der Waals surface area contributed by atoms with Crippen LogP contribution in [0.3, 0.4) is 0 Å². The van der Waals surface area contributed by atoms with Gasteiger partial charge < -0.3 is 14.5 Å². The third kappa shape index (κ3) is 6.52. The Labute approximate surface area is 195 Å². The van der Waals surface area contributed by atoms with Gasteiger partial charge in [-0.3, -0.25) is 4.79 Å². The molecule has 0 saturated carbocycles. The van der Waals surface area contributed by atoms with Crippen LogP contribution in [0.2, 0.25) is 0 Å². The highest BCUT2D eigenvalue weighted by Crippen LogP contribution is 2.31. The molecule has 1 fully saturated rings. The van der Waals surface area contributed by atoms with Crippen molar-refractivity contribution < 1.29 is 48.7 Å². The molecule has 1 aromatic heterocycles. The van der Waals surface area contributed by atoms with Crippen molar-refractivity contribution in [3.63, 3.8) is 0 Å². The number of sulfone groups is 1. The second-order valence-electron chi connectivity index (χ2n) is 7.64. The lowest BCUT2D eigenvalue weighted by Crippen LogP contribution is -2.49. The van der Waals surface area contributed by atoms with Gasteiger partial charge in [-0.25, -0.2) is 17.8 Å². The van der Waals surface area contributed by atoms with Gasteiger partial charge in [0.2, 0.25) is 0 Å². The van der Waals surface area contributed by atoms with Crippen LogP contribution in [0.1, 0.15) is 15.9 Å². The first-order valence-corrected chi connectivity index (χ1v) is 11.8. The first-order chi connectivity index (χ1) is 16.1. The van der Waals surface area contributed by atoms with Crippen LogP contribution in [0, 0.1) is 5.82 Å². The number of benzene rings is 1. The SMILES string of the molecule is CS(=O)(=O)c1ccc(OCC(F)(F)F)c(C(=O)N2CCN(c3ncc(C(F)(F)F)cc3F)CC2)c1. The summed E-state index contributed by atoms with van der Waals surface area (Å²) in [6.07, 6.45) is -8.14. The molecule has 0 aliphatic carbocycles. The minimum atomic E-state index is -4.77. The van der Waals surface area contributed by atoms with Crippen LogP contribution in [0.25, 0.3) is 0 Å². The Hall–Kier alpha value is -3.10. The topological polar surface area (TPSA) is 79.8 Å². The quantitative estimate of drug-likeness (QED) is 0.552. The van der Waals surface area contributed by atoms with E-state index in [1.165, 1.54) is 9.80 Å². The Morgan fingerprint density at radius 3 is 2.20 bits per heavy atom. The minimum absolute atomic E-state index is 0.0501. The van der Waals surface area contributed by atoms with E-state index in [2.05, 4.69) is 4.98 Å². The van der Waals surface area contributed by atoms with Crippen LogP contribution in [0.15, 0.2) is 35.4 Å². The predicted octanol–water partition coefficient (Wildman–Crippen LogP) is 3.55. The Morgan fingerprint density at radius 2 is 1.69 bits per heavy atom. The molecule has 0 N–H and O–H groups in total. The lowest BCUT2D eigenvalue weighted by molar-refractivity contribution is -0.153. The first kappa shape index (κ1) is 26.5. The third-order valence-electron chi connectivity index (χ3n) is 5.02. The summed E-state index contributed by atoms with van der Waals surface area (Å²) in [7, 11) is -3.80. The molecular weight excluding hydrogens is 511 g/mol. The summed E-state index contributed by atoms with van der Waals surface area (Å²) in [5.74, 6) is -2.85. The Kier molecular flexibility index (Phi) is 7.20. The van der Waals surface area contributed by atoms with E-state index in [4.69, 9.17) is 4.74 Å². The molecule has 1 aliphatic heterocycles. The van der Waals surface area contributed by atoms with Crippen LogP contribution in [0.4, 0.5) is 36.6 Å². The summed E-state index contributed by atoms with van der Waals surface area (Å²) >= 11 is 0. The fraction of sp³-hybridized carbons (Fsp3) is 0.400. The lowest BCUT2D eigenvalue weighted by atomic mass is 10.1. The summed E-state index contributed by atoms with van der Waals surface area (Å²) in [4.78, 5) is 18.7. The molecule has 0 bridgehead atoms. The van der Waals surface area contributed by atoms with Crippen molar-refractivity contribution in [1.29, 1.82) is 0 Å². The van der Waals surface area contributed by atoms with Crippen molar-refractivity contribution in [3.8, 4) is 5.75 Å². The summed E-state index contributed by atoms with van der Waals surface area (Å²) in [5.41, 5.74) is -1.67. The smallest absolute Gasteiger partial charge is 0.422 e. The molecule has 3 rings (SSSR count). The molecule has 192 valence electrons. The van der Waals surface area contributed by atoms with Crippen molar-refractivity contribution in [2.75, 3.05) is 43.9 Å². The zero-order valence-corrected chi connectivity index (χ0v) is 18.8. The number of hydrogen-bond donors (Lipinski definition) is 0. The number of amides is 1. The largest absolute Gasteiger partial charge is 0.483 e. The van der Waals surface area contributed by atoms with Crippen molar-refractivity contribution in [1.82, 2.24) is 9.88 Å². The maximum absolute atomic E-state index is 14.2. The number of rotatable bonds is 5. The van der Waals surface area contributed by atoms with E-state index in [0.29, 0.717) is 12.3 Å². The van der Waals surface area contributed by atoms with E-state index in [1.807, 2.05) is 0 Å². The van der Waals surface area contributed by atoms with Crippen LogP contribution in [-0.4, -0.2) is 69.4 Å². The van der Waals surface area contributed by atoms with Gasteiger partial charge in [-0.05, 0) is 24.3 Å². The van der Waals surface area contributed by atoms with Gasteiger partial charge in [0.25, 0.3) is 5.91 Å². The molecule has 2 aromatic rings. The standard InChI is InChI=1S/C20H18F7N3O4S/c1-35(32,33)13-2-3-16(34-11-19(22,23)24)14(9-13)18(31)30-6-4-29(5-7-30)17-15(21)8-12(10-28-17)20(25,26)27/h2-3,8-10H,4-7,11H2,1H3. The number of aromatic nitrogens is 1. The molecule has 0 atom stereocenters. The average Bonchev–Trinajstić information content (AvgIpc) is 2.75. The van der Waals surface area contributed by atoms with E-state index in [-0.39, 0.29) is 36.9 Å². The van der Waals surface area contributed by atoms with Gasteiger partial charge in [0.05, 0.1) is 16.0 Å². The van der Waals surface area contributed by atoms with E-state index < -0.39 is 57.4 Å². The third-order valence-corrected chi connectivity index (χ3v) is 6.13. The normalized spacial score (nSPS) is 15.3. The van der Waals surface area contributed by atoms with Crippen LogP contribution in [-0.2, 0) is 16.0 Å². The molecule has 2 heterocycles.